The van der Waals surface area contributed by atoms with E-state index in [9.17, 15) is 9.36 Å². The van der Waals surface area contributed by atoms with Crippen LogP contribution in [0.4, 0.5) is 5.69 Å². The summed E-state index contributed by atoms with van der Waals surface area (Å²) in [4.78, 5) is 17.7. The van der Waals surface area contributed by atoms with Crippen LogP contribution in [0.3, 0.4) is 0 Å². The van der Waals surface area contributed by atoms with Crippen molar-refractivity contribution >= 4 is 48.1 Å². The van der Waals surface area contributed by atoms with Gasteiger partial charge < -0.3 is 24.9 Å². The first kappa shape index (κ1) is 28.1. The van der Waals surface area contributed by atoms with E-state index in [2.05, 4.69) is 10.5 Å². The number of nitrogens with one attached hydrogen (secondary N) is 1. The maximum atomic E-state index is 12.5. The number of carbonyl (C=O) groups excluding carboxylic acids is 1. The Morgan fingerprint density at radius 3 is 2.32 bits per heavy atom. The molecule has 1 atom stereocenters. The van der Waals surface area contributed by atoms with Gasteiger partial charge in [0.05, 0.1) is 25.1 Å². The molecule has 0 radical (unpaired) electrons. The van der Waals surface area contributed by atoms with Gasteiger partial charge in [0, 0.05) is 26.9 Å². The molecule has 1 amide bonds. The first-order valence-electron chi connectivity index (χ1n) is 10.8. The highest BCUT2D eigenvalue weighted by Crippen LogP contribution is 2.47. The number of halogens is 2. The van der Waals surface area contributed by atoms with Crippen LogP contribution >= 0.6 is 30.8 Å². The molecule has 0 saturated carbocycles. The Hall–Kier alpha value is -2.09. The van der Waals surface area contributed by atoms with Gasteiger partial charge in [-0.05, 0) is 51.5 Å². The van der Waals surface area contributed by atoms with Gasteiger partial charge in [-0.25, -0.2) is 0 Å². The zero-order chi connectivity index (χ0) is 25.3. The molecule has 0 aliphatic heterocycles. The van der Waals surface area contributed by atoms with Crippen LogP contribution in [0.2, 0.25) is 10.0 Å². The molecule has 34 heavy (non-hydrogen) atoms. The summed E-state index contributed by atoms with van der Waals surface area (Å²) in [5.41, 5.74) is 8.82. The Labute approximate surface area is 210 Å². The number of anilines is 1. The number of oxime groups is 1. The highest BCUT2D eigenvalue weighted by atomic mass is 35.5. The molecular weight excluding hydrogens is 500 g/mol. The van der Waals surface area contributed by atoms with E-state index in [1.165, 1.54) is 0 Å². The van der Waals surface area contributed by atoms with Crippen LogP contribution in [0.5, 0.6) is 0 Å². The molecule has 2 rings (SSSR count). The highest BCUT2D eigenvalue weighted by molar-refractivity contribution is 7.53. The molecule has 0 bridgehead atoms. The Bertz CT molecular complexity index is 1050. The molecule has 2 aromatic carbocycles. The first-order chi connectivity index (χ1) is 16.1. The molecule has 3 N–H and O–H groups in total. The lowest BCUT2D eigenvalue weighted by atomic mass is 10.0. The van der Waals surface area contributed by atoms with Crippen LogP contribution in [0, 0.1) is 6.92 Å². The van der Waals surface area contributed by atoms with E-state index in [4.69, 9.17) is 42.8 Å². The quantitative estimate of drug-likeness (QED) is 0.143. The van der Waals surface area contributed by atoms with Crippen molar-refractivity contribution in [2.75, 3.05) is 31.3 Å². The van der Waals surface area contributed by atoms with Gasteiger partial charge in [-0.2, -0.15) is 0 Å². The SMILES string of the molecule is CCOP(=O)(CCON=C(C)c1ccc(C)cc1NC(C(N)=O)c1c(Cl)cccc1Cl)OCC. The highest BCUT2D eigenvalue weighted by Gasteiger charge is 2.25. The number of carbonyl (C=O) groups is 1. The van der Waals surface area contributed by atoms with Gasteiger partial charge in [0.15, 0.2) is 0 Å². The lowest BCUT2D eigenvalue weighted by molar-refractivity contribution is -0.118. The number of benzene rings is 2. The number of rotatable bonds is 13. The minimum Gasteiger partial charge on any atom is -0.395 e. The molecule has 0 aliphatic carbocycles. The second kappa shape index (κ2) is 13.1. The Morgan fingerprint density at radius 2 is 1.76 bits per heavy atom. The van der Waals surface area contributed by atoms with Crippen LogP contribution in [0.1, 0.15) is 43.5 Å². The van der Waals surface area contributed by atoms with Gasteiger partial charge in [-0.15, -0.1) is 0 Å². The molecule has 8 nitrogen and oxygen atoms in total. The predicted octanol–water partition coefficient (Wildman–Crippen LogP) is 5.95. The molecule has 0 saturated heterocycles. The zero-order valence-electron chi connectivity index (χ0n) is 19.6. The van der Waals surface area contributed by atoms with Gasteiger partial charge in [0.25, 0.3) is 0 Å². The van der Waals surface area contributed by atoms with E-state index < -0.39 is 19.5 Å². The zero-order valence-corrected chi connectivity index (χ0v) is 22.0. The molecule has 0 fully saturated rings. The number of hydrogen-bond donors (Lipinski definition) is 2. The van der Waals surface area contributed by atoms with Crippen molar-refractivity contribution in [3.05, 3.63) is 63.1 Å². The fourth-order valence-electron chi connectivity index (χ4n) is 3.22. The van der Waals surface area contributed by atoms with Crippen LogP contribution in [0.15, 0.2) is 41.6 Å². The lowest BCUT2D eigenvalue weighted by Gasteiger charge is -2.22. The number of nitrogens with two attached hydrogens (primary N) is 1. The van der Waals surface area contributed by atoms with E-state index in [-0.39, 0.29) is 26.0 Å². The van der Waals surface area contributed by atoms with Crippen LogP contribution in [0.25, 0.3) is 0 Å². The van der Waals surface area contributed by atoms with Gasteiger partial charge >= 0.3 is 7.60 Å². The van der Waals surface area contributed by atoms with Crippen molar-refractivity contribution in [1.82, 2.24) is 0 Å². The average Bonchev–Trinajstić information content (AvgIpc) is 2.76. The smallest absolute Gasteiger partial charge is 0.334 e. The van der Waals surface area contributed by atoms with E-state index in [1.807, 2.05) is 25.1 Å². The summed E-state index contributed by atoms with van der Waals surface area (Å²) in [6.45, 7) is 7.75. The summed E-state index contributed by atoms with van der Waals surface area (Å²) in [6, 6.07) is 9.60. The van der Waals surface area contributed by atoms with E-state index in [0.29, 0.717) is 32.6 Å². The van der Waals surface area contributed by atoms with Gasteiger partial charge in [-0.3, -0.25) is 9.36 Å². The normalized spacial score (nSPS) is 12.9. The minimum atomic E-state index is -3.22. The summed E-state index contributed by atoms with van der Waals surface area (Å²) in [6.07, 6.45) is 0.0687. The number of amides is 1. The van der Waals surface area contributed by atoms with Crippen molar-refractivity contribution < 1.29 is 23.2 Å². The maximum Gasteiger partial charge on any atom is 0.334 e. The van der Waals surface area contributed by atoms with Crippen LogP contribution in [-0.4, -0.2) is 37.6 Å². The number of nitrogens with zero attached hydrogens (tertiary/aromatic N) is 1. The van der Waals surface area contributed by atoms with E-state index >= 15 is 0 Å². The molecule has 2 aromatic rings. The van der Waals surface area contributed by atoms with Crippen molar-refractivity contribution in [3.63, 3.8) is 0 Å². The Balaban J connectivity index is 2.26. The molecule has 0 spiro atoms. The molecule has 0 heterocycles. The van der Waals surface area contributed by atoms with Gasteiger partial charge in [0.2, 0.25) is 5.91 Å². The topological polar surface area (TPSA) is 112 Å². The molecule has 186 valence electrons. The number of primary amides is 1. The summed E-state index contributed by atoms with van der Waals surface area (Å²) < 4.78 is 23.0. The minimum absolute atomic E-state index is 0.0440. The molecule has 11 heteroatoms. The van der Waals surface area contributed by atoms with Crippen molar-refractivity contribution in [2.24, 2.45) is 10.9 Å². The molecule has 0 aliphatic rings. The molecular formula is C23H30Cl2N3O5P. The number of hydrogen-bond acceptors (Lipinski definition) is 7. The third-order valence-electron chi connectivity index (χ3n) is 4.75. The van der Waals surface area contributed by atoms with E-state index in [1.54, 1.807) is 39.0 Å². The molecule has 1 unspecified atom stereocenters. The standard InChI is InChI=1S/C23H30Cl2N3O5P/c1-5-32-34(30,33-6-2)13-12-31-28-16(4)17-11-10-15(3)14-20(17)27-22(23(26)29)21-18(24)8-7-9-19(21)25/h7-11,14,22,27H,5-6,12-13H2,1-4H3,(H2,26,29). The van der Waals surface area contributed by atoms with Crippen LogP contribution in [-0.2, 0) is 23.2 Å². The second-order valence-electron chi connectivity index (χ2n) is 7.34. The van der Waals surface area contributed by atoms with Crippen molar-refractivity contribution in [3.8, 4) is 0 Å². The Morgan fingerprint density at radius 1 is 1.15 bits per heavy atom. The van der Waals surface area contributed by atoms with E-state index in [0.717, 1.165) is 5.56 Å². The largest absolute Gasteiger partial charge is 0.395 e. The Kier molecular flexibility index (Phi) is 10.9. The lowest BCUT2D eigenvalue weighted by Crippen LogP contribution is -2.29. The van der Waals surface area contributed by atoms with Crippen molar-refractivity contribution in [2.45, 2.75) is 33.7 Å². The van der Waals surface area contributed by atoms with Crippen molar-refractivity contribution in [1.29, 1.82) is 0 Å². The van der Waals surface area contributed by atoms with Gasteiger partial charge in [0.1, 0.15) is 12.6 Å². The fraction of sp³-hybridized carbons (Fsp3) is 0.391. The summed E-state index contributed by atoms with van der Waals surface area (Å²) in [5, 5.41) is 7.93. The third kappa shape index (κ3) is 7.72. The van der Waals surface area contributed by atoms with Crippen LogP contribution < -0.4 is 11.1 Å². The summed E-state index contributed by atoms with van der Waals surface area (Å²) in [5.74, 6) is -0.643. The monoisotopic (exact) mass is 529 g/mol. The number of aryl methyl sites for hydroxylation is 1. The summed E-state index contributed by atoms with van der Waals surface area (Å²) >= 11 is 12.6. The summed E-state index contributed by atoms with van der Waals surface area (Å²) in [7, 11) is -3.22. The third-order valence-corrected chi connectivity index (χ3v) is 7.44. The fourth-order valence-corrected chi connectivity index (χ4v) is 5.27. The van der Waals surface area contributed by atoms with Gasteiger partial charge in [-0.1, -0.05) is 46.6 Å². The first-order valence-corrected chi connectivity index (χ1v) is 13.3. The second-order valence-corrected chi connectivity index (χ2v) is 10.3. The molecule has 0 aromatic heterocycles. The predicted molar refractivity (Wildman–Crippen MR) is 137 cm³/mol. The average molecular weight is 530 g/mol. The maximum absolute atomic E-state index is 12.5.